The molecule has 1 aliphatic carbocycles. The van der Waals surface area contributed by atoms with E-state index in [1.54, 1.807) is 0 Å². The van der Waals surface area contributed by atoms with Crippen LogP contribution in [0.15, 0.2) is 6.07 Å². The second-order valence-electron chi connectivity index (χ2n) is 2.79. The maximum Gasteiger partial charge on any atom is 0.151 e. The smallest absolute Gasteiger partial charge is 0.151 e. The normalized spacial score (nSPS) is 17.8. The van der Waals surface area contributed by atoms with Crippen LogP contribution >= 0.6 is 11.6 Å². The highest BCUT2D eigenvalue weighted by atomic mass is 35.5. The Morgan fingerprint density at radius 1 is 1.70 bits per heavy atom. The number of nitrogens with zero attached hydrogens (tertiary/aromatic N) is 2. The average molecular weight is 157 g/mol. The Kier molecular flexibility index (Phi) is 1.24. The molecule has 1 aromatic rings. The second kappa shape index (κ2) is 1.99. The van der Waals surface area contributed by atoms with Crippen molar-refractivity contribution in [3.63, 3.8) is 0 Å². The third-order valence-corrected chi connectivity index (χ3v) is 2.07. The molecule has 0 aliphatic heterocycles. The van der Waals surface area contributed by atoms with E-state index in [9.17, 15) is 0 Å². The lowest BCUT2D eigenvalue weighted by Crippen LogP contribution is -1.95. The molecule has 0 aromatic carbocycles. The standard InChI is InChI=1S/C7H9ClN2/c1-10-6(5-2-3-5)4-7(8)9-10/h4-5H,2-3H2,1H3. The van der Waals surface area contributed by atoms with E-state index in [4.69, 9.17) is 11.6 Å². The minimum Gasteiger partial charge on any atom is -0.271 e. The molecule has 2 nitrogen and oxygen atoms in total. The Labute approximate surface area is 64.8 Å². The van der Waals surface area contributed by atoms with Crippen LogP contribution in [-0.2, 0) is 7.05 Å². The first-order valence-corrected chi connectivity index (χ1v) is 3.84. The van der Waals surface area contributed by atoms with E-state index in [1.807, 2.05) is 17.8 Å². The molecule has 3 heteroatoms. The predicted molar refractivity (Wildman–Crippen MR) is 40.2 cm³/mol. The molecule has 2 rings (SSSR count). The second-order valence-corrected chi connectivity index (χ2v) is 3.18. The number of halogens is 1. The summed E-state index contributed by atoms with van der Waals surface area (Å²) in [6, 6.07) is 1.96. The summed E-state index contributed by atoms with van der Waals surface area (Å²) in [5.74, 6) is 0.741. The Morgan fingerprint density at radius 2 is 2.40 bits per heavy atom. The summed E-state index contributed by atoms with van der Waals surface area (Å²) >= 11 is 5.71. The van der Waals surface area contributed by atoms with Gasteiger partial charge in [-0.15, -0.1) is 0 Å². The predicted octanol–water partition coefficient (Wildman–Crippen LogP) is 1.95. The summed E-state index contributed by atoms with van der Waals surface area (Å²) in [6.07, 6.45) is 2.60. The van der Waals surface area contributed by atoms with Gasteiger partial charge < -0.3 is 0 Å². The van der Waals surface area contributed by atoms with Crippen molar-refractivity contribution in [1.29, 1.82) is 0 Å². The maximum atomic E-state index is 5.71. The first-order chi connectivity index (χ1) is 4.77. The highest BCUT2D eigenvalue weighted by Crippen LogP contribution is 2.40. The molecular formula is C7H9ClN2. The molecule has 1 aliphatic rings. The molecule has 1 saturated carbocycles. The first kappa shape index (κ1) is 6.23. The molecule has 0 saturated heterocycles. The van der Waals surface area contributed by atoms with Crippen LogP contribution in [-0.4, -0.2) is 9.78 Å². The van der Waals surface area contributed by atoms with Crippen molar-refractivity contribution < 1.29 is 0 Å². The average Bonchev–Trinajstić information content (AvgIpc) is 2.61. The van der Waals surface area contributed by atoms with Gasteiger partial charge in [-0.05, 0) is 18.9 Å². The van der Waals surface area contributed by atoms with Crippen LogP contribution in [0, 0.1) is 0 Å². The summed E-state index contributed by atoms with van der Waals surface area (Å²) in [6.45, 7) is 0. The highest BCUT2D eigenvalue weighted by Gasteiger charge is 2.26. The van der Waals surface area contributed by atoms with Crippen molar-refractivity contribution in [2.45, 2.75) is 18.8 Å². The summed E-state index contributed by atoms with van der Waals surface area (Å²) in [5.41, 5.74) is 1.28. The van der Waals surface area contributed by atoms with Crippen molar-refractivity contribution in [3.05, 3.63) is 16.9 Å². The zero-order valence-corrected chi connectivity index (χ0v) is 6.60. The molecule has 0 spiro atoms. The van der Waals surface area contributed by atoms with Crippen LogP contribution in [0.2, 0.25) is 5.15 Å². The fourth-order valence-corrected chi connectivity index (χ4v) is 1.43. The Hall–Kier alpha value is -0.500. The van der Waals surface area contributed by atoms with Gasteiger partial charge in [-0.25, -0.2) is 0 Å². The van der Waals surface area contributed by atoms with E-state index < -0.39 is 0 Å². The minimum absolute atomic E-state index is 0.615. The van der Waals surface area contributed by atoms with Gasteiger partial charge in [0.05, 0.1) is 0 Å². The fraction of sp³-hybridized carbons (Fsp3) is 0.571. The summed E-state index contributed by atoms with van der Waals surface area (Å²) in [7, 11) is 1.94. The SMILES string of the molecule is Cn1nc(Cl)cc1C1CC1. The molecule has 10 heavy (non-hydrogen) atoms. The Morgan fingerprint density at radius 3 is 2.80 bits per heavy atom. The van der Waals surface area contributed by atoms with Crippen LogP contribution in [0.25, 0.3) is 0 Å². The van der Waals surface area contributed by atoms with Gasteiger partial charge in [0.15, 0.2) is 5.15 Å². The molecule has 1 heterocycles. The maximum absolute atomic E-state index is 5.71. The largest absolute Gasteiger partial charge is 0.271 e. The summed E-state index contributed by atoms with van der Waals surface area (Å²) < 4.78 is 1.88. The number of hydrogen-bond acceptors (Lipinski definition) is 1. The minimum atomic E-state index is 0.615. The van der Waals surface area contributed by atoms with Crippen LogP contribution in [0.3, 0.4) is 0 Å². The molecule has 0 N–H and O–H groups in total. The lowest BCUT2D eigenvalue weighted by molar-refractivity contribution is 0.714. The molecule has 0 unspecified atom stereocenters. The first-order valence-electron chi connectivity index (χ1n) is 3.47. The Bertz CT molecular complexity index is 250. The van der Waals surface area contributed by atoms with Crippen molar-refractivity contribution in [1.82, 2.24) is 9.78 Å². The van der Waals surface area contributed by atoms with E-state index in [0.29, 0.717) is 5.15 Å². The summed E-state index contributed by atoms with van der Waals surface area (Å²) in [4.78, 5) is 0. The van der Waals surface area contributed by atoms with Gasteiger partial charge in [-0.2, -0.15) is 5.10 Å². The molecule has 0 amide bonds. The molecular weight excluding hydrogens is 148 g/mol. The van der Waals surface area contributed by atoms with Crippen molar-refractivity contribution >= 4 is 11.6 Å². The van der Waals surface area contributed by atoms with Gasteiger partial charge in [-0.3, -0.25) is 4.68 Å². The fourth-order valence-electron chi connectivity index (χ4n) is 1.21. The van der Waals surface area contributed by atoms with Crippen molar-refractivity contribution in [2.75, 3.05) is 0 Å². The zero-order valence-electron chi connectivity index (χ0n) is 5.84. The van der Waals surface area contributed by atoms with E-state index in [0.717, 1.165) is 5.92 Å². The van der Waals surface area contributed by atoms with Crippen molar-refractivity contribution in [3.8, 4) is 0 Å². The van der Waals surface area contributed by atoms with Crippen LogP contribution < -0.4 is 0 Å². The topological polar surface area (TPSA) is 17.8 Å². The molecule has 54 valence electrons. The molecule has 1 fully saturated rings. The van der Waals surface area contributed by atoms with Gasteiger partial charge in [0.25, 0.3) is 0 Å². The van der Waals surface area contributed by atoms with E-state index >= 15 is 0 Å². The number of rotatable bonds is 1. The van der Waals surface area contributed by atoms with Gasteiger partial charge in [0.1, 0.15) is 0 Å². The van der Waals surface area contributed by atoms with Gasteiger partial charge >= 0.3 is 0 Å². The highest BCUT2D eigenvalue weighted by molar-refractivity contribution is 6.29. The van der Waals surface area contributed by atoms with E-state index in [1.165, 1.54) is 18.5 Å². The van der Waals surface area contributed by atoms with Gasteiger partial charge in [0.2, 0.25) is 0 Å². The van der Waals surface area contributed by atoms with Crippen molar-refractivity contribution in [2.24, 2.45) is 7.05 Å². The third kappa shape index (κ3) is 0.926. The molecule has 0 radical (unpaired) electrons. The number of hydrogen-bond donors (Lipinski definition) is 0. The molecule has 1 aromatic heterocycles. The summed E-state index contributed by atoms with van der Waals surface area (Å²) in [5, 5.41) is 4.67. The lowest BCUT2D eigenvalue weighted by Gasteiger charge is -1.94. The number of aryl methyl sites for hydroxylation is 1. The zero-order chi connectivity index (χ0) is 7.14. The quantitative estimate of drug-likeness (QED) is 0.608. The van der Waals surface area contributed by atoms with Gasteiger partial charge in [0, 0.05) is 18.7 Å². The molecule has 0 atom stereocenters. The van der Waals surface area contributed by atoms with Gasteiger partial charge in [-0.1, -0.05) is 11.6 Å². The van der Waals surface area contributed by atoms with Crippen LogP contribution in [0.5, 0.6) is 0 Å². The lowest BCUT2D eigenvalue weighted by atomic mass is 10.3. The monoisotopic (exact) mass is 156 g/mol. The van der Waals surface area contributed by atoms with E-state index in [-0.39, 0.29) is 0 Å². The molecule has 0 bridgehead atoms. The van der Waals surface area contributed by atoms with Crippen LogP contribution in [0.4, 0.5) is 0 Å². The number of aromatic nitrogens is 2. The Balaban J connectivity index is 2.38. The van der Waals surface area contributed by atoms with Crippen LogP contribution in [0.1, 0.15) is 24.5 Å². The third-order valence-electron chi connectivity index (χ3n) is 1.88. The van der Waals surface area contributed by atoms with E-state index in [2.05, 4.69) is 5.10 Å².